The normalized spacial score (nSPS) is 22.2. The zero-order valence-electron chi connectivity index (χ0n) is 17.1. The number of hydrogen-bond acceptors (Lipinski definition) is 5. The Kier molecular flexibility index (Phi) is 5.30. The van der Waals surface area contributed by atoms with Crippen LogP contribution in [0.1, 0.15) is 53.1 Å². The smallest absolute Gasteiger partial charge is 0.255 e. The average Bonchev–Trinajstić information content (AvgIpc) is 2.73. The third-order valence-electron chi connectivity index (χ3n) is 6.12. The largest absolute Gasteiger partial charge is 0.338 e. The molecule has 2 aromatic heterocycles. The van der Waals surface area contributed by atoms with E-state index in [9.17, 15) is 9.59 Å². The Morgan fingerprint density at radius 1 is 1.14 bits per heavy atom. The number of aromatic nitrogens is 3. The number of pyridine rings is 1. The number of aryl methyl sites for hydroxylation is 2. The Hall–Kier alpha value is -2.83. The van der Waals surface area contributed by atoms with E-state index in [2.05, 4.69) is 15.0 Å². The van der Waals surface area contributed by atoms with Gasteiger partial charge in [-0.3, -0.25) is 24.5 Å². The first-order valence-corrected chi connectivity index (χ1v) is 10.2. The summed E-state index contributed by atoms with van der Waals surface area (Å²) in [5.74, 6) is 0.201. The van der Waals surface area contributed by atoms with Gasteiger partial charge in [-0.15, -0.1) is 0 Å². The van der Waals surface area contributed by atoms with Crippen molar-refractivity contribution in [1.29, 1.82) is 0 Å². The first kappa shape index (κ1) is 19.5. The highest BCUT2D eigenvalue weighted by atomic mass is 16.2. The van der Waals surface area contributed by atoms with Crippen molar-refractivity contribution in [2.45, 2.75) is 46.1 Å². The molecule has 1 spiro atoms. The molecule has 0 aliphatic carbocycles. The van der Waals surface area contributed by atoms with E-state index in [1.165, 1.54) is 0 Å². The zero-order chi connectivity index (χ0) is 20.4. The van der Waals surface area contributed by atoms with Gasteiger partial charge in [0.15, 0.2) is 0 Å². The van der Waals surface area contributed by atoms with E-state index in [1.807, 2.05) is 35.8 Å². The van der Waals surface area contributed by atoms with Crippen molar-refractivity contribution in [2.75, 3.05) is 19.6 Å². The van der Waals surface area contributed by atoms with Gasteiger partial charge >= 0.3 is 0 Å². The highest BCUT2D eigenvalue weighted by molar-refractivity contribution is 5.95. The van der Waals surface area contributed by atoms with Gasteiger partial charge in [-0.2, -0.15) is 0 Å². The fourth-order valence-electron chi connectivity index (χ4n) is 4.54. The molecule has 0 bridgehead atoms. The Morgan fingerprint density at radius 3 is 2.76 bits per heavy atom. The van der Waals surface area contributed by atoms with E-state index in [-0.39, 0.29) is 17.2 Å². The fourth-order valence-corrected chi connectivity index (χ4v) is 4.54. The number of hydrogen-bond donors (Lipinski definition) is 0. The number of nitrogens with zero attached hydrogens (tertiary/aromatic N) is 5. The summed E-state index contributed by atoms with van der Waals surface area (Å²) in [5, 5.41) is 0. The van der Waals surface area contributed by atoms with Crippen molar-refractivity contribution in [3.05, 3.63) is 53.4 Å². The molecule has 2 amide bonds. The van der Waals surface area contributed by atoms with Crippen molar-refractivity contribution >= 4 is 11.8 Å². The van der Waals surface area contributed by atoms with Crippen LogP contribution < -0.4 is 0 Å². The summed E-state index contributed by atoms with van der Waals surface area (Å²) in [7, 11) is 0. The minimum atomic E-state index is -0.0456. The third-order valence-corrected chi connectivity index (χ3v) is 6.12. The molecule has 4 rings (SSSR count). The van der Waals surface area contributed by atoms with Crippen molar-refractivity contribution < 1.29 is 9.59 Å². The lowest BCUT2D eigenvalue weighted by Gasteiger charge is -2.48. The van der Waals surface area contributed by atoms with Gasteiger partial charge in [-0.1, -0.05) is 0 Å². The lowest BCUT2D eigenvalue weighted by Crippen LogP contribution is -2.55. The van der Waals surface area contributed by atoms with Gasteiger partial charge in [0, 0.05) is 49.6 Å². The molecule has 2 aliphatic rings. The molecule has 0 saturated carbocycles. The Labute approximate surface area is 171 Å². The number of amides is 2. The van der Waals surface area contributed by atoms with Gasteiger partial charge in [0.05, 0.1) is 29.7 Å². The first-order chi connectivity index (χ1) is 14.0. The molecule has 0 unspecified atom stereocenters. The molecule has 29 heavy (non-hydrogen) atoms. The Bertz CT molecular complexity index is 914. The summed E-state index contributed by atoms with van der Waals surface area (Å²) < 4.78 is 0. The molecule has 0 radical (unpaired) electrons. The molecule has 1 atom stereocenters. The van der Waals surface area contributed by atoms with Crippen molar-refractivity contribution in [1.82, 2.24) is 24.8 Å². The van der Waals surface area contributed by atoms with E-state index in [0.717, 1.165) is 42.9 Å². The molecule has 2 aromatic rings. The number of likely N-dealkylation sites (tertiary alicyclic amines) is 2. The number of carbonyl (C=O) groups excluding carboxylic acids is 2. The number of rotatable bonds is 3. The van der Waals surface area contributed by atoms with Gasteiger partial charge in [0.25, 0.3) is 5.91 Å². The van der Waals surface area contributed by atoms with Crippen molar-refractivity contribution in [3.8, 4) is 0 Å². The maximum atomic E-state index is 13.1. The second kappa shape index (κ2) is 7.89. The van der Waals surface area contributed by atoms with E-state index < -0.39 is 0 Å². The van der Waals surface area contributed by atoms with Gasteiger partial charge in [0.1, 0.15) is 0 Å². The van der Waals surface area contributed by atoms with Crippen molar-refractivity contribution in [2.24, 2.45) is 5.41 Å². The minimum Gasteiger partial charge on any atom is -0.338 e. The summed E-state index contributed by atoms with van der Waals surface area (Å²) in [5.41, 5.74) is 3.05. The maximum Gasteiger partial charge on any atom is 0.255 e. The van der Waals surface area contributed by atoms with Crippen LogP contribution in [0.3, 0.4) is 0 Å². The van der Waals surface area contributed by atoms with Crippen LogP contribution in [0.2, 0.25) is 0 Å². The van der Waals surface area contributed by atoms with Gasteiger partial charge in [-0.05, 0) is 45.2 Å². The Balaban J connectivity index is 1.49. The summed E-state index contributed by atoms with van der Waals surface area (Å²) >= 11 is 0. The molecule has 4 heterocycles. The van der Waals surface area contributed by atoms with Crippen LogP contribution in [0.25, 0.3) is 0 Å². The molecular weight excluding hydrogens is 366 g/mol. The molecule has 7 nitrogen and oxygen atoms in total. The second-order valence-corrected chi connectivity index (χ2v) is 8.37. The average molecular weight is 393 g/mol. The summed E-state index contributed by atoms with van der Waals surface area (Å²) in [6.45, 7) is 6.35. The van der Waals surface area contributed by atoms with Crippen molar-refractivity contribution in [3.63, 3.8) is 0 Å². The van der Waals surface area contributed by atoms with Crippen LogP contribution in [0.4, 0.5) is 0 Å². The molecular formula is C22H27N5O2. The molecule has 152 valence electrons. The van der Waals surface area contributed by atoms with Crippen LogP contribution in [-0.4, -0.2) is 56.2 Å². The predicted molar refractivity (Wildman–Crippen MR) is 108 cm³/mol. The highest BCUT2D eigenvalue weighted by Crippen LogP contribution is 2.39. The Morgan fingerprint density at radius 2 is 2.00 bits per heavy atom. The number of piperidine rings is 2. The molecule has 7 heteroatoms. The van der Waals surface area contributed by atoms with E-state index in [4.69, 9.17) is 0 Å². The predicted octanol–water partition coefficient (Wildman–Crippen LogP) is 2.53. The monoisotopic (exact) mass is 393 g/mol. The highest BCUT2D eigenvalue weighted by Gasteiger charge is 2.43. The van der Waals surface area contributed by atoms with Crippen LogP contribution in [-0.2, 0) is 11.3 Å². The second-order valence-electron chi connectivity index (χ2n) is 8.37. The molecule has 2 aliphatic heterocycles. The van der Waals surface area contributed by atoms with E-state index in [0.29, 0.717) is 31.6 Å². The molecule has 2 saturated heterocycles. The SMILES string of the molecule is Cc1cnc(CN2C[C@@]3(CCCN(C(=O)c4cccnc4C)C3)CCC2=O)cn1. The van der Waals surface area contributed by atoms with Crippen LogP contribution in [0.5, 0.6) is 0 Å². The fraction of sp³-hybridized carbons (Fsp3) is 0.500. The molecule has 0 aromatic carbocycles. The minimum absolute atomic E-state index is 0.0440. The lowest BCUT2D eigenvalue weighted by molar-refractivity contribution is -0.139. The third kappa shape index (κ3) is 4.13. The zero-order valence-corrected chi connectivity index (χ0v) is 17.1. The first-order valence-electron chi connectivity index (χ1n) is 10.2. The summed E-state index contributed by atoms with van der Waals surface area (Å²) in [6, 6.07) is 3.66. The van der Waals surface area contributed by atoms with E-state index >= 15 is 0 Å². The van der Waals surface area contributed by atoms with Gasteiger partial charge in [-0.25, -0.2) is 0 Å². The lowest BCUT2D eigenvalue weighted by atomic mass is 9.73. The quantitative estimate of drug-likeness (QED) is 0.801. The van der Waals surface area contributed by atoms with Crippen LogP contribution in [0.15, 0.2) is 30.7 Å². The van der Waals surface area contributed by atoms with Gasteiger partial charge in [0.2, 0.25) is 5.91 Å². The van der Waals surface area contributed by atoms with Crippen LogP contribution in [0, 0.1) is 19.3 Å². The summed E-state index contributed by atoms with van der Waals surface area (Å²) in [6.07, 6.45) is 8.53. The number of carbonyl (C=O) groups is 2. The molecule has 0 N–H and O–H groups in total. The van der Waals surface area contributed by atoms with Gasteiger partial charge < -0.3 is 9.80 Å². The standard InChI is InChI=1S/C22H27N5O2/c1-16-11-25-18(12-24-16)13-27-15-22(8-6-20(27)28)7-4-10-26(14-22)21(29)19-5-3-9-23-17(19)2/h3,5,9,11-12H,4,6-8,10,13-15H2,1-2H3/t22-/m0/s1. The molecule has 2 fully saturated rings. The summed E-state index contributed by atoms with van der Waals surface area (Å²) in [4.78, 5) is 42.5. The van der Waals surface area contributed by atoms with E-state index in [1.54, 1.807) is 18.6 Å². The van der Waals surface area contributed by atoms with Crippen LogP contribution >= 0.6 is 0 Å². The topological polar surface area (TPSA) is 79.3 Å². The maximum absolute atomic E-state index is 13.1.